The van der Waals surface area contributed by atoms with Crippen LogP contribution in [0.3, 0.4) is 0 Å². The highest BCUT2D eigenvalue weighted by Gasteiger charge is 2.37. The molecule has 0 spiro atoms. The molecule has 0 atom stereocenters. The molecule has 0 heterocycles. The van der Waals surface area contributed by atoms with Gasteiger partial charge in [0.1, 0.15) is 0 Å². The van der Waals surface area contributed by atoms with E-state index in [1.54, 1.807) is 0 Å². The largest absolute Gasteiger partial charge is 0.480 e. The number of alkyl halides is 6. The summed E-state index contributed by atoms with van der Waals surface area (Å²) in [4.78, 5) is 47.5. The van der Waals surface area contributed by atoms with Crippen LogP contribution in [0.1, 0.15) is 16.7 Å². The minimum absolute atomic E-state index is 0.0698. The molecule has 0 amide bonds. The van der Waals surface area contributed by atoms with Crippen molar-refractivity contribution >= 4 is 23.9 Å². The maximum absolute atomic E-state index is 13.2. The average molecular weight is 561 g/mol. The monoisotopic (exact) mass is 561 g/mol. The Morgan fingerprint density at radius 1 is 0.553 bits per heavy atom. The van der Waals surface area contributed by atoms with Crippen LogP contribution in [0.4, 0.5) is 26.3 Å². The van der Waals surface area contributed by atoms with Gasteiger partial charge < -0.3 is 20.4 Å². The maximum atomic E-state index is 13.2. The van der Waals surface area contributed by atoms with Gasteiger partial charge >= 0.3 is 36.2 Å². The molecule has 38 heavy (non-hydrogen) atoms. The van der Waals surface area contributed by atoms with Crippen molar-refractivity contribution in [2.24, 2.45) is 0 Å². The minimum Gasteiger partial charge on any atom is -0.480 e. The zero-order chi connectivity index (χ0) is 29.3. The number of benzene rings is 1. The molecule has 4 N–H and O–H groups in total. The van der Waals surface area contributed by atoms with Crippen LogP contribution in [0.5, 0.6) is 0 Å². The lowest BCUT2D eigenvalue weighted by molar-refractivity contribution is -0.144. The van der Waals surface area contributed by atoms with Gasteiger partial charge in [-0.15, -0.1) is 0 Å². The molecule has 1 aromatic rings. The molecule has 1 aromatic carbocycles. The summed E-state index contributed by atoms with van der Waals surface area (Å²) in [5, 5.41) is 36.1. The average Bonchev–Trinajstić information content (AvgIpc) is 2.72. The number of hydrogen-bond donors (Lipinski definition) is 4. The number of carboxylic acid groups (broad SMARTS) is 4. The van der Waals surface area contributed by atoms with Crippen LogP contribution < -0.4 is 0 Å². The summed E-state index contributed by atoms with van der Waals surface area (Å²) < 4.78 is 78.9. The molecular weight excluding hydrogens is 536 g/mol. The van der Waals surface area contributed by atoms with Gasteiger partial charge in [0.15, 0.2) is 0 Å². The highest BCUT2D eigenvalue weighted by atomic mass is 19.4. The fourth-order valence-corrected chi connectivity index (χ4v) is 3.40. The van der Waals surface area contributed by atoms with Crippen LogP contribution in [0.25, 0.3) is 0 Å². The van der Waals surface area contributed by atoms with Gasteiger partial charge in [-0.2, -0.15) is 26.3 Å². The summed E-state index contributed by atoms with van der Waals surface area (Å²) in [7, 11) is 0. The second kappa shape index (κ2) is 13.9. The first-order valence-corrected chi connectivity index (χ1v) is 10.7. The van der Waals surface area contributed by atoms with Crippen molar-refractivity contribution in [1.82, 2.24) is 14.7 Å². The lowest BCUT2D eigenvalue weighted by Crippen LogP contribution is -2.44. The summed E-state index contributed by atoms with van der Waals surface area (Å²) in [5.74, 6) is -5.48. The van der Waals surface area contributed by atoms with E-state index in [2.05, 4.69) is 0 Å². The summed E-state index contributed by atoms with van der Waals surface area (Å²) in [6, 6.07) is 0.837. The fourth-order valence-electron chi connectivity index (χ4n) is 3.40. The van der Waals surface area contributed by atoms with Crippen molar-refractivity contribution in [3.8, 4) is 0 Å². The molecule has 0 bridgehead atoms. The number of aliphatic carboxylic acids is 4. The molecule has 0 aliphatic heterocycles. The van der Waals surface area contributed by atoms with Gasteiger partial charge in [-0.25, -0.2) is 0 Å². The van der Waals surface area contributed by atoms with Gasteiger partial charge in [-0.3, -0.25) is 33.9 Å². The zero-order valence-electron chi connectivity index (χ0n) is 19.6. The third-order valence-electron chi connectivity index (χ3n) is 4.95. The Bertz CT molecular complexity index is 954. The van der Waals surface area contributed by atoms with Gasteiger partial charge in [0.25, 0.3) is 0 Å². The molecule has 0 unspecified atom stereocenters. The van der Waals surface area contributed by atoms with E-state index in [1.165, 1.54) is 4.90 Å². The summed E-state index contributed by atoms with van der Waals surface area (Å²) >= 11 is 0. The molecule has 0 radical (unpaired) electrons. The smallest absolute Gasteiger partial charge is 0.416 e. The Balaban J connectivity index is 3.10. The molecule has 0 aliphatic carbocycles. The molecule has 1 rings (SSSR count). The van der Waals surface area contributed by atoms with Crippen molar-refractivity contribution in [2.45, 2.75) is 18.9 Å². The molecule has 0 saturated carbocycles. The van der Waals surface area contributed by atoms with E-state index in [9.17, 15) is 45.5 Å². The van der Waals surface area contributed by atoms with E-state index in [-0.39, 0.29) is 32.2 Å². The SMILES string of the molecule is O=C(O)CN(CCN(CC(=O)O)CC(=O)O)CCN(CC(=O)O)Cc1cc(C(F)(F)F)cc(C(F)(F)F)c1. The van der Waals surface area contributed by atoms with Crippen LogP contribution in [0.15, 0.2) is 18.2 Å². The topological polar surface area (TPSA) is 159 Å². The van der Waals surface area contributed by atoms with Crippen LogP contribution in [-0.4, -0.2) is 111 Å². The zero-order valence-corrected chi connectivity index (χ0v) is 19.6. The second-order valence-corrected chi connectivity index (χ2v) is 8.19. The third kappa shape index (κ3) is 12.7. The molecule has 0 aromatic heterocycles. The minimum atomic E-state index is -5.11. The van der Waals surface area contributed by atoms with Crippen LogP contribution in [0.2, 0.25) is 0 Å². The van der Waals surface area contributed by atoms with E-state index in [4.69, 9.17) is 20.4 Å². The first-order chi connectivity index (χ1) is 17.4. The van der Waals surface area contributed by atoms with Crippen LogP contribution in [0, 0.1) is 0 Å². The Labute approximate surface area is 211 Å². The Kier molecular flexibility index (Phi) is 11.9. The number of halogens is 6. The Morgan fingerprint density at radius 2 is 0.868 bits per heavy atom. The first kappa shape index (κ1) is 32.6. The number of carbonyl (C=O) groups is 4. The number of hydrogen-bond acceptors (Lipinski definition) is 7. The lowest BCUT2D eigenvalue weighted by atomic mass is 10.0. The van der Waals surface area contributed by atoms with Gasteiger partial charge in [-0.1, -0.05) is 0 Å². The number of rotatable bonds is 16. The highest BCUT2D eigenvalue weighted by molar-refractivity contribution is 5.72. The Hall–Kier alpha value is -3.44. The van der Waals surface area contributed by atoms with Gasteiger partial charge in [-0.05, 0) is 23.8 Å². The summed E-state index contributed by atoms with van der Waals surface area (Å²) in [6.45, 7) is -4.38. The van der Waals surface area contributed by atoms with E-state index in [0.29, 0.717) is 12.1 Å². The number of carboxylic acids is 4. The fraction of sp³-hybridized carbons (Fsp3) is 0.524. The normalized spacial score (nSPS) is 12.3. The summed E-state index contributed by atoms with van der Waals surface area (Å²) in [6.07, 6.45) is -10.2. The predicted octanol–water partition coefficient (Wildman–Crippen LogP) is 1.47. The standard InChI is InChI=1S/C21H25F6N3O8/c22-20(23,24)14-5-13(6-15(7-14)21(25,26)27)8-29(10-17(33)34)3-1-28(9-16(31)32)2-4-30(11-18(35)36)12-19(37)38/h5-7H,1-4,8-12H2,(H,31,32)(H,33,34)(H,35,36)(H,37,38). The number of nitrogens with zero attached hydrogens (tertiary/aromatic N) is 3. The molecule has 17 heteroatoms. The maximum Gasteiger partial charge on any atom is 0.416 e. The predicted molar refractivity (Wildman–Crippen MR) is 115 cm³/mol. The molecule has 214 valence electrons. The molecule has 0 fully saturated rings. The van der Waals surface area contributed by atoms with E-state index < -0.39 is 85.6 Å². The molecule has 0 saturated heterocycles. The second-order valence-electron chi connectivity index (χ2n) is 8.19. The molecular formula is C21H25F6N3O8. The molecule has 0 aliphatic rings. The quantitative estimate of drug-likeness (QED) is 0.217. The highest BCUT2D eigenvalue weighted by Crippen LogP contribution is 2.36. The van der Waals surface area contributed by atoms with Gasteiger partial charge in [0.05, 0.1) is 37.3 Å². The van der Waals surface area contributed by atoms with Crippen molar-refractivity contribution in [1.29, 1.82) is 0 Å². The van der Waals surface area contributed by atoms with Gasteiger partial charge in [0.2, 0.25) is 0 Å². The van der Waals surface area contributed by atoms with E-state index in [1.807, 2.05) is 0 Å². The summed E-state index contributed by atoms with van der Waals surface area (Å²) in [5.41, 5.74) is -3.64. The van der Waals surface area contributed by atoms with Crippen molar-refractivity contribution in [3.05, 3.63) is 34.9 Å². The van der Waals surface area contributed by atoms with Crippen LogP contribution in [-0.2, 0) is 38.1 Å². The Morgan fingerprint density at radius 3 is 1.24 bits per heavy atom. The lowest BCUT2D eigenvalue weighted by Gasteiger charge is -2.28. The van der Waals surface area contributed by atoms with Gasteiger partial charge in [0, 0.05) is 32.7 Å². The van der Waals surface area contributed by atoms with E-state index >= 15 is 0 Å². The van der Waals surface area contributed by atoms with Crippen molar-refractivity contribution in [2.75, 3.05) is 52.4 Å². The molecule has 11 nitrogen and oxygen atoms in total. The third-order valence-corrected chi connectivity index (χ3v) is 4.95. The van der Waals surface area contributed by atoms with Crippen molar-refractivity contribution < 1.29 is 65.9 Å². The van der Waals surface area contributed by atoms with E-state index in [0.717, 1.165) is 9.80 Å². The van der Waals surface area contributed by atoms with Crippen LogP contribution >= 0.6 is 0 Å². The first-order valence-electron chi connectivity index (χ1n) is 10.7. The van der Waals surface area contributed by atoms with Crippen molar-refractivity contribution in [3.63, 3.8) is 0 Å².